The Balaban J connectivity index is 1.82. The van der Waals surface area contributed by atoms with Crippen molar-refractivity contribution < 1.29 is 4.79 Å². The molecule has 2 aromatic heterocycles. The third kappa shape index (κ3) is 3.34. The maximum absolute atomic E-state index is 11.7. The van der Waals surface area contributed by atoms with Crippen LogP contribution in [-0.2, 0) is 6.42 Å². The number of aromatic nitrogens is 3. The van der Waals surface area contributed by atoms with Crippen molar-refractivity contribution in [1.29, 1.82) is 0 Å². The van der Waals surface area contributed by atoms with Gasteiger partial charge in [0.05, 0.1) is 5.56 Å². The Morgan fingerprint density at radius 1 is 1.18 bits per heavy atom. The molecule has 0 aliphatic rings. The molecule has 0 atom stereocenters. The third-order valence-corrected chi connectivity index (χ3v) is 2.24. The first-order chi connectivity index (χ1) is 8.36. The van der Waals surface area contributed by atoms with E-state index in [-0.39, 0.29) is 5.91 Å². The summed E-state index contributed by atoms with van der Waals surface area (Å²) in [6, 6.07) is 3.47. The normalized spacial score (nSPS) is 9.88. The van der Waals surface area contributed by atoms with Gasteiger partial charge >= 0.3 is 0 Å². The van der Waals surface area contributed by atoms with Crippen LogP contribution in [0.3, 0.4) is 0 Å². The lowest BCUT2D eigenvalue weighted by atomic mass is 10.2. The Morgan fingerprint density at radius 3 is 2.71 bits per heavy atom. The Morgan fingerprint density at radius 2 is 2.00 bits per heavy atom. The summed E-state index contributed by atoms with van der Waals surface area (Å²) in [6.07, 6.45) is 8.86. The smallest absolute Gasteiger partial charge is 0.252 e. The lowest BCUT2D eigenvalue weighted by Crippen LogP contribution is -2.25. The molecule has 0 unspecified atom stereocenters. The van der Waals surface area contributed by atoms with E-state index in [1.807, 2.05) is 0 Å². The van der Waals surface area contributed by atoms with Gasteiger partial charge in [-0.25, -0.2) is 9.97 Å². The van der Waals surface area contributed by atoms with Gasteiger partial charge in [0.1, 0.15) is 6.33 Å². The van der Waals surface area contributed by atoms with E-state index in [2.05, 4.69) is 20.3 Å². The first kappa shape index (κ1) is 11.2. The van der Waals surface area contributed by atoms with Crippen LogP contribution in [0.5, 0.6) is 0 Å². The van der Waals surface area contributed by atoms with Gasteiger partial charge < -0.3 is 5.32 Å². The summed E-state index contributed by atoms with van der Waals surface area (Å²) in [5.41, 5.74) is 1.57. The van der Waals surface area contributed by atoms with Crippen molar-refractivity contribution in [3.05, 3.63) is 54.4 Å². The first-order valence-corrected chi connectivity index (χ1v) is 5.28. The van der Waals surface area contributed by atoms with Gasteiger partial charge in [-0.2, -0.15) is 0 Å². The average molecular weight is 228 g/mol. The maximum atomic E-state index is 11.7. The zero-order valence-corrected chi connectivity index (χ0v) is 9.21. The molecule has 86 valence electrons. The number of carbonyl (C=O) groups is 1. The molecule has 0 fully saturated rings. The van der Waals surface area contributed by atoms with Gasteiger partial charge in [0.2, 0.25) is 0 Å². The summed E-state index contributed by atoms with van der Waals surface area (Å²) in [5, 5.41) is 2.81. The van der Waals surface area contributed by atoms with Crippen LogP contribution in [0.2, 0.25) is 0 Å². The lowest BCUT2D eigenvalue weighted by molar-refractivity contribution is 0.0954. The Labute approximate surface area is 99.0 Å². The van der Waals surface area contributed by atoms with Crippen LogP contribution in [0.4, 0.5) is 0 Å². The maximum Gasteiger partial charge on any atom is 0.252 e. The van der Waals surface area contributed by atoms with Crippen molar-refractivity contribution in [2.45, 2.75) is 6.42 Å². The summed E-state index contributed by atoms with van der Waals surface area (Å²) in [6.45, 7) is 0.557. The van der Waals surface area contributed by atoms with Crippen molar-refractivity contribution in [3.8, 4) is 0 Å². The molecule has 2 rings (SSSR count). The largest absolute Gasteiger partial charge is 0.352 e. The molecule has 5 heteroatoms. The summed E-state index contributed by atoms with van der Waals surface area (Å²) in [7, 11) is 0. The number of nitrogens with zero attached hydrogens (tertiary/aromatic N) is 3. The second kappa shape index (κ2) is 5.69. The van der Waals surface area contributed by atoms with Crippen molar-refractivity contribution in [2.24, 2.45) is 0 Å². The molecule has 0 aliphatic carbocycles. The molecule has 0 bridgehead atoms. The van der Waals surface area contributed by atoms with Gasteiger partial charge in [-0.3, -0.25) is 9.78 Å². The molecular weight excluding hydrogens is 216 g/mol. The van der Waals surface area contributed by atoms with E-state index in [0.717, 1.165) is 5.56 Å². The highest BCUT2D eigenvalue weighted by Gasteiger charge is 2.03. The van der Waals surface area contributed by atoms with Gasteiger partial charge in [-0.05, 0) is 24.1 Å². The van der Waals surface area contributed by atoms with Crippen LogP contribution in [-0.4, -0.2) is 27.4 Å². The second-order valence-electron chi connectivity index (χ2n) is 3.49. The number of amides is 1. The van der Waals surface area contributed by atoms with Gasteiger partial charge in [0, 0.05) is 31.3 Å². The van der Waals surface area contributed by atoms with Crippen LogP contribution in [0, 0.1) is 0 Å². The molecule has 17 heavy (non-hydrogen) atoms. The molecule has 0 spiro atoms. The van der Waals surface area contributed by atoms with E-state index in [9.17, 15) is 4.79 Å². The van der Waals surface area contributed by atoms with E-state index in [1.54, 1.807) is 36.9 Å². The lowest BCUT2D eigenvalue weighted by Gasteiger charge is -2.04. The topological polar surface area (TPSA) is 67.8 Å². The fraction of sp³-hybridized carbons (Fsp3) is 0.167. The highest BCUT2D eigenvalue weighted by molar-refractivity contribution is 5.93. The number of rotatable bonds is 4. The summed E-state index contributed by atoms with van der Waals surface area (Å²) in [5.74, 6) is -0.116. The molecule has 0 aromatic carbocycles. The minimum Gasteiger partial charge on any atom is -0.352 e. The molecule has 5 nitrogen and oxygen atoms in total. The van der Waals surface area contributed by atoms with Crippen LogP contribution in [0.15, 0.2) is 43.2 Å². The molecule has 0 saturated carbocycles. The monoisotopic (exact) mass is 228 g/mol. The first-order valence-electron chi connectivity index (χ1n) is 5.28. The molecule has 1 N–H and O–H groups in total. The Bertz CT molecular complexity index is 472. The predicted molar refractivity (Wildman–Crippen MR) is 62.3 cm³/mol. The van der Waals surface area contributed by atoms with Crippen molar-refractivity contribution >= 4 is 5.91 Å². The van der Waals surface area contributed by atoms with Crippen molar-refractivity contribution in [3.63, 3.8) is 0 Å². The van der Waals surface area contributed by atoms with E-state index >= 15 is 0 Å². The fourth-order valence-electron chi connectivity index (χ4n) is 1.38. The van der Waals surface area contributed by atoms with Crippen molar-refractivity contribution in [1.82, 2.24) is 20.3 Å². The van der Waals surface area contributed by atoms with Gasteiger partial charge in [0.25, 0.3) is 5.91 Å². The minimum atomic E-state index is -0.116. The second-order valence-corrected chi connectivity index (χ2v) is 3.49. The van der Waals surface area contributed by atoms with Crippen molar-refractivity contribution in [2.75, 3.05) is 6.54 Å². The zero-order chi connectivity index (χ0) is 11.9. The molecular formula is C12H12N4O. The quantitative estimate of drug-likeness (QED) is 0.842. The highest BCUT2D eigenvalue weighted by atomic mass is 16.1. The Kier molecular flexibility index (Phi) is 3.75. The molecule has 0 saturated heterocycles. The van der Waals surface area contributed by atoms with E-state index in [1.165, 1.54) is 6.33 Å². The van der Waals surface area contributed by atoms with Crippen LogP contribution in [0.25, 0.3) is 0 Å². The number of carbonyl (C=O) groups excluding carboxylic acids is 1. The van der Waals surface area contributed by atoms with Crippen LogP contribution >= 0.6 is 0 Å². The predicted octanol–water partition coefficient (Wildman–Crippen LogP) is 0.844. The van der Waals surface area contributed by atoms with Gasteiger partial charge in [-0.1, -0.05) is 0 Å². The molecule has 1 amide bonds. The molecule has 2 aromatic rings. The molecule has 0 radical (unpaired) electrons. The van der Waals surface area contributed by atoms with Crippen LogP contribution < -0.4 is 5.32 Å². The fourth-order valence-corrected chi connectivity index (χ4v) is 1.38. The van der Waals surface area contributed by atoms with Crippen LogP contribution in [0.1, 0.15) is 15.9 Å². The number of hydrogen-bond donors (Lipinski definition) is 1. The molecule has 2 heterocycles. The standard InChI is InChI=1S/C12H12N4O/c17-12(11-2-1-4-13-8-11)16-5-3-10-6-14-9-15-7-10/h1-2,4,6-9H,3,5H2,(H,16,17). The average Bonchev–Trinajstić information content (AvgIpc) is 2.41. The third-order valence-electron chi connectivity index (χ3n) is 2.24. The Hall–Kier alpha value is -2.30. The van der Waals surface area contributed by atoms with Gasteiger partial charge in [0.15, 0.2) is 0 Å². The summed E-state index contributed by atoms with van der Waals surface area (Å²) >= 11 is 0. The number of hydrogen-bond acceptors (Lipinski definition) is 4. The van der Waals surface area contributed by atoms with E-state index in [4.69, 9.17) is 0 Å². The number of pyridine rings is 1. The zero-order valence-electron chi connectivity index (χ0n) is 9.21. The highest BCUT2D eigenvalue weighted by Crippen LogP contribution is 1.96. The van der Waals surface area contributed by atoms with Gasteiger partial charge in [-0.15, -0.1) is 0 Å². The van der Waals surface area contributed by atoms with E-state index < -0.39 is 0 Å². The summed E-state index contributed by atoms with van der Waals surface area (Å²) < 4.78 is 0. The SMILES string of the molecule is O=C(NCCc1cncnc1)c1cccnc1. The number of nitrogens with one attached hydrogen (secondary N) is 1. The minimum absolute atomic E-state index is 0.116. The summed E-state index contributed by atoms with van der Waals surface area (Å²) in [4.78, 5) is 23.4. The van der Waals surface area contributed by atoms with E-state index in [0.29, 0.717) is 18.5 Å². The molecule has 0 aliphatic heterocycles.